The van der Waals surface area contributed by atoms with E-state index in [0.717, 1.165) is 93.8 Å². The molecule has 0 bridgehead atoms. The van der Waals surface area contributed by atoms with Crippen molar-refractivity contribution in [3.8, 4) is 0 Å². The molecule has 3 fully saturated rings. The molecule has 44 heavy (non-hydrogen) atoms. The summed E-state index contributed by atoms with van der Waals surface area (Å²) in [6.07, 6.45) is 15.4. The van der Waals surface area contributed by atoms with Crippen molar-refractivity contribution in [2.75, 3.05) is 52.9 Å². The predicted molar refractivity (Wildman–Crippen MR) is 190 cm³/mol. The summed E-state index contributed by atoms with van der Waals surface area (Å²) in [6.45, 7) is 15.5. The maximum atomic E-state index is 13.4. The summed E-state index contributed by atoms with van der Waals surface area (Å²) in [5, 5.41) is 4.29. The molecule has 5 rings (SSSR count). The van der Waals surface area contributed by atoms with Gasteiger partial charge < -0.3 is 10.2 Å². The number of halogens is 2. The molecule has 1 amide bonds. The molecule has 0 aromatic heterocycles. The summed E-state index contributed by atoms with van der Waals surface area (Å²) in [5.41, 5.74) is 4.36. The third-order valence-electron chi connectivity index (χ3n) is 9.98. The molecule has 0 radical (unpaired) electrons. The SMILES string of the molecule is C=C(Br)C=NC.CCCCC1CN(C2CCN(C3C=C(C)CCc4cc(Cl)ccc43)CC2)CCN1C(=O)CC1CCNCC1. The summed E-state index contributed by atoms with van der Waals surface area (Å²) in [5.74, 6) is 0.988. The second kappa shape index (κ2) is 18.0. The van der Waals surface area contributed by atoms with E-state index in [1.807, 2.05) is 0 Å². The van der Waals surface area contributed by atoms with Gasteiger partial charge in [0.15, 0.2) is 0 Å². The van der Waals surface area contributed by atoms with Crippen molar-refractivity contribution >= 4 is 39.7 Å². The fourth-order valence-electron chi connectivity index (χ4n) is 7.50. The zero-order valence-corrected chi connectivity index (χ0v) is 29.7. The molecule has 1 aromatic rings. The van der Waals surface area contributed by atoms with Crippen LogP contribution in [0.4, 0.5) is 0 Å². The number of benzene rings is 1. The first-order chi connectivity index (χ1) is 21.3. The van der Waals surface area contributed by atoms with E-state index in [9.17, 15) is 4.79 Å². The lowest BCUT2D eigenvalue weighted by Gasteiger charge is -2.47. The zero-order chi connectivity index (χ0) is 31.5. The van der Waals surface area contributed by atoms with Gasteiger partial charge >= 0.3 is 0 Å². The molecule has 244 valence electrons. The van der Waals surface area contributed by atoms with Crippen molar-refractivity contribution in [3.05, 3.63) is 57.1 Å². The van der Waals surface area contributed by atoms with Gasteiger partial charge in [-0.05, 0) is 110 Å². The Morgan fingerprint density at radius 1 is 1.11 bits per heavy atom. The number of carbonyl (C=O) groups excluding carboxylic acids is 1. The molecular weight excluding hydrogens is 634 g/mol. The molecule has 8 heteroatoms. The number of amides is 1. The molecule has 2 unspecified atom stereocenters. The summed E-state index contributed by atoms with van der Waals surface area (Å²) in [6, 6.07) is 7.91. The molecule has 3 aliphatic heterocycles. The number of nitrogens with zero attached hydrogens (tertiary/aromatic N) is 4. The zero-order valence-electron chi connectivity index (χ0n) is 27.4. The van der Waals surface area contributed by atoms with Gasteiger partial charge in [-0.25, -0.2) is 0 Å². The largest absolute Gasteiger partial charge is 0.337 e. The van der Waals surface area contributed by atoms with Gasteiger partial charge in [0.1, 0.15) is 0 Å². The lowest BCUT2D eigenvalue weighted by Crippen LogP contribution is -2.59. The molecule has 1 aromatic carbocycles. The van der Waals surface area contributed by atoms with Gasteiger partial charge in [-0.1, -0.05) is 55.7 Å². The second-order valence-electron chi connectivity index (χ2n) is 13.2. The summed E-state index contributed by atoms with van der Waals surface area (Å²) in [7, 11) is 1.70. The molecule has 3 heterocycles. The average Bonchev–Trinajstić information content (AvgIpc) is 3.19. The number of rotatable bonds is 8. The van der Waals surface area contributed by atoms with Gasteiger partial charge in [-0.3, -0.25) is 19.6 Å². The van der Waals surface area contributed by atoms with Crippen LogP contribution in [0, 0.1) is 5.92 Å². The van der Waals surface area contributed by atoms with Crippen LogP contribution in [0.3, 0.4) is 0 Å². The minimum absolute atomic E-state index is 0.368. The van der Waals surface area contributed by atoms with Crippen molar-refractivity contribution in [1.29, 1.82) is 0 Å². The minimum atomic E-state index is 0.368. The number of fused-ring (bicyclic) bond motifs is 1. The van der Waals surface area contributed by atoms with Crippen molar-refractivity contribution in [1.82, 2.24) is 20.0 Å². The third-order valence-corrected chi connectivity index (χ3v) is 10.4. The first-order valence-corrected chi connectivity index (χ1v) is 18.2. The lowest BCUT2D eigenvalue weighted by molar-refractivity contribution is -0.138. The number of likely N-dealkylation sites (tertiary alicyclic amines) is 1. The summed E-state index contributed by atoms with van der Waals surface area (Å²) in [4.78, 5) is 24.8. The Morgan fingerprint density at radius 3 is 2.52 bits per heavy atom. The van der Waals surface area contributed by atoms with Crippen LogP contribution in [0.5, 0.6) is 0 Å². The monoisotopic (exact) mass is 687 g/mol. The van der Waals surface area contributed by atoms with Crippen LogP contribution >= 0.6 is 27.5 Å². The van der Waals surface area contributed by atoms with Crippen LogP contribution in [0.15, 0.2) is 45.9 Å². The van der Waals surface area contributed by atoms with E-state index in [1.54, 1.807) is 13.3 Å². The standard InChI is InChI=1S/C32H49ClN4O.C4H6BrN/c1-3-4-5-29-23-36(18-19-37(29)32(38)21-25-10-14-34-15-11-25)28-12-16-35(17-13-28)31-20-24(2)6-7-26-22-27(33)8-9-30(26)31;1-4(5)3-6-2/h8-9,20,22,25,28-29,31,34H,3-7,10-19,21,23H2,1-2H3;3H,1H2,2H3. The highest BCUT2D eigenvalue weighted by atomic mass is 79.9. The first kappa shape index (κ1) is 35.3. The van der Waals surface area contributed by atoms with Crippen molar-refractivity contribution in [3.63, 3.8) is 0 Å². The van der Waals surface area contributed by atoms with Crippen LogP contribution in [0.1, 0.15) is 88.8 Å². The Labute approximate surface area is 280 Å². The average molecular weight is 689 g/mol. The van der Waals surface area contributed by atoms with E-state index >= 15 is 0 Å². The van der Waals surface area contributed by atoms with Gasteiger partial charge in [0, 0.05) is 74.0 Å². The second-order valence-corrected chi connectivity index (χ2v) is 14.6. The minimum Gasteiger partial charge on any atom is -0.337 e. The number of unbranched alkanes of at least 4 members (excludes halogenated alkanes) is 1. The van der Waals surface area contributed by atoms with Gasteiger partial charge in [0.2, 0.25) is 5.91 Å². The van der Waals surface area contributed by atoms with Crippen LogP contribution in [-0.4, -0.2) is 91.8 Å². The van der Waals surface area contributed by atoms with Crippen LogP contribution in [-0.2, 0) is 11.2 Å². The fraction of sp³-hybridized carbons (Fsp3) is 0.667. The topological polar surface area (TPSA) is 51.2 Å². The smallest absolute Gasteiger partial charge is 0.223 e. The van der Waals surface area contributed by atoms with Gasteiger partial charge in [0.25, 0.3) is 0 Å². The number of piperidine rings is 2. The highest BCUT2D eigenvalue weighted by molar-refractivity contribution is 9.12. The van der Waals surface area contributed by atoms with E-state index in [0.29, 0.717) is 30.0 Å². The number of hydrogen-bond acceptors (Lipinski definition) is 5. The summed E-state index contributed by atoms with van der Waals surface area (Å²) >= 11 is 9.45. The molecule has 3 saturated heterocycles. The highest BCUT2D eigenvalue weighted by Gasteiger charge is 2.36. The van der Waals surface area contributed by atoms with Gasteiger partial charge in [-0.15, -0.1) is 0 Å². The number of piperazine rings is 1. The Hall–Kier alpha value is -1.51. The van der Waals surface area contributed by atoms with Gasteiger partial charge in [-0.2, -0.15) is 0 Å². The number of nitrogens with one attached hydrogen (secondary N) is 1. The van der Waals surface area contributed by atoms with Crippen LogP contribution in [0.2, 0.25) is 5.02 Å². The maximum absolute atomic E-state index is 13.4. The van der Waals surface area contributed by atoms with E-state index < -0.39 is 0 Å². The Balaban J connectivity index is 0.000000670. The number of carbonyl (C=O) groups is 1. The van der Waals surface area contributed by atoms with Crippen LogP contribution < -0.4 is 5.32 Å². The molecular formula is C36H55BrClN5O. The molecule has 4 aliphatic rings. The molecule has 2 atom stereocenters. The van der Waals surface area contributed by atoms with Crippen molar-refractivity contribution in [2.24, 2.45) is 10.9 Å². The lowest BCUT2D eigenvalue weighted by atomic mass is 9.92. The Kier molecular flexibility index (Phi) is 14.5. The van der Waals surface area contributed by atoms with E-state index in [-0.39, 0.29) is 0 Å². The normalized spacial score (nSPS) is 24.3. The quantitative estimate of drug-likeness (QED) is 0.228. The van der Waals surface area contributed by atoms with E-state index in [2.05, 4.69) is 85.6 Å². The summed E-state index contributed by atoms with van der Waals surface area (Å²) < 4.78 is 0.810. The van der Waals surface area contributed by atoms with Crippen molar-refractivity contribution < 1.29 is 4.79 Å². The highest BCUT2D eigenvalue weighted by Crippen LogP contribution is 2.35. The Morgan fingerprint density at radius 2 is 1.86 bits per heavy atom. The Bertz CT molecular complexity index is 1140. The number of allylic oxidation sites excluding steroid dienone is 2. The number of hydrogen-bond donors (Lipinski definition) is 1. The number of aliphatic imine (C=N–C) groups is 1. The van der Waals surface area contributed by atoms with E-state index in [1.165, 1.54) is 42.4 Å². The molecule has 6 nitrogen and oxygen atoms in total. The van der Waals surface area contributed by atoms with E-state index in [4.69, 9.17) is 11.6 Å². The van der Waals surface area contributed by atoms with Crippen LogP contribution in [0.25, 0.3) is 0 Å². The predicted octanol–water partition coefficient (Wildman–Crippen LogP) is 7.43. The molecule has 1 N–H and O–H groups in total. The molecule has 0 saturated carbocycles. The maximum Gasteiger partial charge on any atom is 0.223 e. The third kappa shape index (κ3) is 10.2. The first-order valence-electron chi connectivity index (χ1n) is 17.0. The fourth-order valence-corrected chi connectivity index (χ4v) is 7.90. The molecule has 1 aliphatic carbocycles. The number of aryl methyl sites for hydroxylation is 1. The molecule has 0 spiro atoms. The van der Waals surface area contributed by atoms with Crippen molar-refractivity contribution in [2.45, 2.75) is 96.2 Å². The van der Waals surface area contributed by atoms with Gasteiger partial charge in [0.05, 0.1) is 6.04 Å².